The zero-order valence-electron chi connectivity index (χ0n) is 12.3. The van der Waals surface area contributed by atoms with Gasteiger partial charge in [0.25, 0.3) is 0 Å². The Hall–Kier alpha value is -1.85. The predicted octanol–water partition coefficient (Wildman–Crippen LogP) is 3.49. The second-order valence-electron chi connectivity index (χ2n) is 5.31. The predicted molar refractivity (Wildman–Crippen MR) is 87.6 cm³/mol. The van der Waals surface area contributed by atoms with Crippen molar-refractivity contribution in [3.63, 3.8) is 0 Å². The number of carbonyl (C=O) groups is 1. The summed E-state index contributed by atoms with van der Waals surface area (Å²) >= 11 is 1.66. The van der Waals surface area contributed by atoms with E-state index in [1.807, 2.05) is 29.6 Å². The number of carbonyl (C=O) groups excluding carboxylic acids is 1. The fourth-order valence-corrected chi connectivity index (χ4v) is 3.03. The molecule has 0 aliphatic carbocycles. The molecule has 116 valence electrons. The van der Waals surface area contributed by atoms with Gasteiger partial charge < -0.3 is 14.8 Å². The summed E-state index contributed by atoms with van der Waals surface area (Å²) in [6.07, 6.45) is 2.35. The van der Waals surface area contributed by atoms with E-state index in [-0.39, 0.29) is 12.0 Å². The average molecular weight is 317 g/mol. The number of hydrogen-bond acceptors (Lipinski definition) is 4. The van der Waals surface area contributed by atoms with Crippen LogP contribution in [-0.2, 0) is 16.0 Å². The van der Waals surface area contributed by atoms with Gasteiger partial charge >= 0.3 is 0 Å². The molecule has 1 amide bonds. The highest BCUT2D eigenvalue weighted by Gasteiger charge is 2.16. The van der Waals surface area contributed by atoms with Gasteiger partial charge in [-0.1, -0.05) is 0 Å². The minimum atomic E-state index is 0.0315. The molecule has 0 bridgehead atoms. The van der Waals surface area contributed by atoms with Gasteiger partial charge in [-0.05, 0) is 53.1 Å². The summed E-state index contributed by atoms with van der Waals surface area (Å²) in [5.41, 5.74) is 2.01. The lowest BCUT2D eigenvalue weighted by molar-refractivity contribution is -0.116. The molecule has 0 saturated carbocycles. The van der Waals surface area contributed by atoms with E-state index in [2.05, 4.69) is 16.8 Å². The van der Waals surface area contributed by atoms with E-state index in [1.165, 1.54) is 5.56 Å². The van der Waals surface area contributed by atoms with Crippen molar-refractivity contribution >= 4 is 22.9 Å². The molecular formula is C17H19NO3S. The summed E-state index contributed by atoms with van der Waals surface area (Å²) in [6, 6.07) is 9.55. The number of hydrogen-bond donors (Lipinski definition) is 1. The lowest BCUT2D eigenvalue weighted by Crippen LogP contribution is -2.15. The second-order valence-corrected chi connectivity index (χ2v) is 6.09. The highest BCUT2D eigenvalue weighted by Crippen LogP contribution is 2.20. The molecule has 0 radical (unpaired) electrons. The Morgan fingerprint density at radius 3 is 2.86 bits per heavy atom. The molecule has 1 fully saturated rings. The van der Waals surface area contributed by atoms with Crippen molar-refractivity contribution in [2.75, 3.05) is 18.5 Å². The number of nitrogens with one attached hydrogen (secondary N) is 1. The van der Waals surface area contributed by atoms with Crippen LogP contribution in [0.2, 0.25) is 0 Å². The Bertz CT molecular complexity index is 589. The van der Waals surface area contributed by atoms with E-state index in [1.54, 1.807) is 11.3 Å². The highest BCUT2D eigenvalue weighted by molar-refractivity contribution is 7.07. The maximum Gasteiger partial charge on any atom is 0.224 e. The summed E-state index contributed by atoms with van der Waals surface area (Å²) in [4.78, 5) is 11.9. The molecule has 1 atom stereocenters. The fourth-order valence-electron chi connectivity index (χ4n) is 2.33. The first kappa shape index (κ1) is 15.1. The van der Waals surface area contributed by atoms with E-state index >= 15 is 0 Å². The molecule has 22 heavy (non-hydrogen) atoms. The standard InChI is InChI=1S/C17H19NO3S/c19-17(6-1-13-8-10-22-12-13)18-14-2-4-15(5-3-14)21-16-7-9-20-11-16/h2-5,8,10,12,16H,1,6-7,9,11H2,(H,18,19)/t16-/m0/s1. The van der Waals surface area contributed by atoms with Gasteiger partial charge in [0, 0.05) is 18.5 Å². The van der Waals surface area contributed by atoms with E-state index in [0.717, 1.165) is 30.9 Å². The molecule has 1 saturated heterocycles. The van der Waals surface area contributed by atoms with Gasteiger partial charge in [0.15, 0.2) is 0 Å². The molecule has 2 aromatic rings. The van der Waals surface area contributed by atoms with Crippen molar-refractivity contribution in [2.45, 2.75) is 25.4 Å². The summed E-state index contributed by atoms with van der Waals surface area (Å²) in [5.74, 6) is 0.843. The maximum absolute atomic E-state index is 11.9. The summed E-state index contributed by atoms with van der Waals surface area (Å²) < 4.78 is 11.1. The second kappa shape index (κ2) is 7.42. The Morgan fingerprint density at radius 1 is 1.32 bits per heavy atom. The van der Waals surface area contributed by atoms with Crippen LogP contribution in [0.5, 0.6) is 5.75 Å². The summed E-state index contributed by atoms with van der Waals surface area (Å²) in [6.45, 7) is 1.42. The van der Waals surface area contributed by atoms with Crippen molar-refractivity contribution in [1.29, 1.82) is 0 Å². The Kier molecular flexibility index (Phi) is 5.08. The highest BCUT2D eigenvalue weighted by atomic mass is 32.1. The first-order valence-electron chi connectivity index (χ1n) is 7.45. The molecule has 1 aromatic heterocycles. The maximum atomic E-state index is 11.9. The Morgan fingerprint density at radius 2 is 2.18 bits per heavy atom. The first-order valence-corrected chi connectivity index (χ1v) is 8.39. The van der Waals surface area contributed by atoms with E-state index in [4.69, 9.17) is 9.47 Å². The number of benzene rings is 1. The fraction of sp³-hybridized carbons (Fsp3) is 0.353. The van der Waals surface area contributed by atoms with Gasteiger partial charge in [0.1, 0.15) is 11.9 Å². The van der Waals surface area contributed by atoms with Crippen LogP contribution >= 0.6 is 11.3 Å². The van der Waals surface area contributed by atoms with Crippen LogP contribution in [0.15, 0.2) is 41.1 Å². The third-order valence-electron chi connectivity index (χ3n) is 3.55. The van der Waals surface area contributed by atoms with E-state index < -0.39 is 0 Å². The number of thiophene rings is 1. The van der Waals surface area contributed by atoms with Crippen molar-refractivity contribution in [3.8, 4) is 5.75 Å². The third kappa shape index (κ3) is 4.32. The molecule has 1 aromatic carbocycles. The van der Waals surface area contributed by atoms with Gasteiger partial charge in [-0.3, -0.25) is 4.79 Å². The number of anilines is 1. The molecule has 1 aliphatic rings. The molecule has 5 heteroatoms. The number of rotatable bonds is 6. The van der Waals surface area contributed by atoms with Gasteiger partial charge in [0.05, 0.1) is 13.2 Å². The van der Waals surface area contributed by atoms with Crippen LogP contribution in [0.25, 0.3) is 0 Å². The van der Waals surface area contributed by atoms with Crippen LogP contribution in [0, 0.1) is 0 Å². The summed E-state index contributed by atoms with van der Waals surface area (Å²) in [7, 11) is 0. The molecule has 2 heterocycles. The monoisotopic (exact) mass is 317 g/mol. The minimum Gasteiger partial charge on any atom is -0.488 e. The van der Waals surface area contributed by atoms with Gasteiger partial charge in [-0.15, -0.1) is 0 Å². The molecular weight excluding hydrogens is 298 g/mol. The van der Waals surface area contributed by atoms with Crippen LogP contribution in [0.3, 0.4) is 0 Å². The van der Waals surface area contributed by atoms with Crippen LogP contribution in [0.1, 0.15) is 18.4 Å². The van der Waals surface area contributed by atoms with Crippen molar-refractivity contribution in [1.82, 2.24) is 0 Å². The van der Waals surface area contributed by atoms with E-state index in [9.17, 15) is 4.79 Å². The van der Waals surface area contributed by atoms with Crippen molar-refractivity contribution in [2.24, 2.45) is 0 Å². The van der Waals surface area contributed by atoms with Gasteiger partial charge in [-0.2, -0.15) is 11.3 Å². The van der Waals surface area contributed by atoms with Crippen molar-refractivity contribution in [3.05, 3.63) is 46.7 Å². The quantitative estimate of drug-likeness (QED) is 0.887. The van der Waals surface area contributed by atoms with Crippen LogP contribution in [0.4, 0.5) is 5.69 Å². The van der Waals surface area contributed by atoms with Crippen LogP contribution < -0.4 is 10.1 Å². The van der Waals surface area contributed by atoms with Crippen LogP contribution in [-0.4, -0.2) is 25.2 Å². The Labute approximate surface area is 134 Å². The molecule has 3 rings (SSSR count). The summed E-state index contributed by atoms with van der Waals surface area (Å²) in [5, 5.41) is 7.01. The molecule has 0 spiro atoms. The number of aryl methyl sites for hydroxylation is 1. The number of amides is 1. The topological polar surface area (TPSA) is 47.6 Å². The first-order chi connectivity index (χ1) is 10.8. The largest absolute Gasteiger partial charge is 0.488 e. The molecule has 1 N–H and O–H groups in total. The minimum absolute atomic E-state index is 0.0315. The van der Waals surface area contributed by atoms with Gasteiger partial charge in [0.2, 0.25) is 5.91 Å². The normalized spacial score (nSPS) is 17.4. The smallest absolute Gasteiger partial charge is 0.224 e. The SMILES string of the molecule is O=C(CCc1ccsc1)Nc1ccc(O[C@H]2CCOC2)cc1. The molecule has 0 unspecified atom stereocenters. The van der Waals surface area contributed by atoms with E-state index in [0.29, 0.717) is 13.0 Å². The molecule has 4 nitrogen and oxygen atoms in total. The molecule has 1 aliphatic heterocycles. The Balaban J connectivity index is 1.46. The number of ether oxygens (including phenoxy) is 2. The third-order valence-corrected chi connectivity index (χ3v) is 4.28. The lowest BCUT2D eigenvalue weighted by atomic mass is 10.2. The average Bonchev–Trinajstić information content (AvgIpc) is 3.20. The zero-order chi connectivity index (χ0) is 15.2. The lowest BCUT2D eigenvalue weighted by Gasteiger charge is -2.12. The zero-order valence-corrected chi connectivity index (χ0v) is 13.1. The van der Waals surface area contributed by atoms with Crippen molar-refractivity contribution < 1.29 is 14.3 Å². The van der Waals surface area contributed by atoms with Gasteiger partial charge in [-0.25, -0.2) is 0 Å².